The van der Waals surface area contributed by atoms with Gasteiger partial charge in [-0.3, -0.25) is 9.59 Å². The van der Waals surface area contributed by atoms with Crippen LogP contribution in [0.2, 0.25) is 5.02 Å². The summed E-state index contributed by atoms with van der Waals surface area (Å²) in [6.45, 7) is 1.68. The molecule has 0 saturated heterocycles. The minimum atomic E-state index is -0.686. The van der Waals surface area contributed by atoms with E-state index >= 15 is 4.39 Å². The number of benzene rings is 3. The third kappa shape index (κ3) is 4.38. The highest BCUT2D eigenvalue weighted by molar-refractivity contribution is 6.31. The number of ether oxygens (including phenoxy) is 1. The van der Waals surface area contributed by atoms with Crippen LogP contribution in [0.1, 0.15) is 16.1 Å². The number of aryl methyl sites for hydroxylation is 1. The number of hydrogen-bond acceptors (Lipinski definition) is 4. The topological polar surface area (TPSA) is 89.0 Å². The number of nitrogens with zero attached hydrogens (tertiary/aromatic N) is 2. The molecule has 0 aliphatic rings. The van der Waals surface area contributed by atoms with Gasteiger partial charge in [0.05, 0.1) is 10.9 Å². The number of nitrogens with one attached hydrogen (secondary N) is 2. The van der Waals surface area contributed by atoms with E-state index in [1.54, 1.807) is 42.9 Å². The Morgan fingerprint density at radius 3 is 2.62 bits per heavy atom. The Balaban J connectivity index is 1.30. The zero-order valence-electron chi connectivity index (χ0n) is 21.5. The molecule has 3 aromatic heterocycles. The molecule has 0 fully saturated rings. The van der Waals surface area contributed by atoms with E-state index in [1.165, 1.54) is 18.2 Å². The Bertz CT molecular complexity index is 2000. The highest BCUT2D eigenvalue weighted by Gasteiger charge is 2.20. The Hall–Kier alpha value is -4.95. The number of aromatic amines is 1. The third-order valence-corrected chi connectivity index (χ3v) is 7.15. The number of amides is 1. The molecule has 0 saturated carbocycles. The van der Waals surface area contributed by atoms with Gasteiger partial charge in [0, 0.05) is 52.9 Å². The molecular formula is C31H22ClFN4O3. The lowest BCUT2D eigenvalue weighted by Crippen LogP contribution is -2.26. The van der Waals surface area contributed by atoms with Crippen LogP contribution in [0.3, 0.4) is 0 Å². The molecule has 0 aliphatic heterocycles. The monoisotopic (exact) mass is 552 g/mol. The zero-order chi connectivity index (χ0) is 28.0. The summed E-state index contributed by atoms with van der Waals surface area (Å²) >= 11 is 6.09. The Morgan fingerprint density at radius 1 is 1.05 bits per heavy atom. The number of anilines is 1. The number of hydrogen-bond donors (Lipinski definition) is 2. The van der Waals surface area contributed by atoms with Gasteiger partial charge in [-0.2, -0.15) is 0 Å². The van der Waals surface area contributed by atoms with Crippen LogP contribution in [0.4, 0.5) is 10.1 Å². The van der Waals surface area contributed by atoms with E-state index in [0.29, 0.717) is 38.4 Å². The van der Waals surface area contributed by atoms with Crippen LogP contribution in [0.25, 0.3) is 33.1 Å². The zero-order valence-corrected chi connectivity index (χ0v) is 22.2. The SMILES string of the molecule is Cc1c(C(=O)Nc2ccc(Oc3ccnc4[nH]cc(-c5ccccc5)c34)c(F)c2)c(=O)c2cc(Cl)ccc2n1C. The van der Waals surface area contributed by atoms with Crippen LogP contribution in [-0.4, -0.2) is 20.4 Å². The molecule has 0 atom stereocenters. The van der Waals surface area contributed by atoms with Gasteiger partial charge in [-0.1, -0.05) is 41.9 Å². The highest BCUT2D eigenvalue weighted by Crippen LogP contribution is 2.37. The van der Waals surface area contributed by atoms with E-state index < -0.39 is 17.2 Å². The first-order valence-corrected chi connectivity index (χ1v) is 12.8. The summed E-state index contributed by atoms with van der Waals surface area (Å²) in [6, 6.07) is 20.4. The number of H-pyrrole nitrogens is 1. The number of halogens is 2. The molecule has 0 bridgehead atoms. The van der Waals surface area contributed by atoms with Gasteiger partial charge in [-0.15, -0.1) is 0 Å². The molecule has 0 spiro atoms. The third-order valence-electron chi connectivity index (χ3n) is 6.91. The van der Waals surface area contributed by atoms with E-state index in [0.717, 1.165) is 17.2 Å². The van der Waals surface area contributed by atoms with Crippen LogP contribution in [0, 0.1) is 12.7 Å². The van der Waals surface area contributed by atoms with Crippen LogP contribution < -0.4 is 15.5 Å². The maximum atomic E-state index is 15.2. The Morgan fingerprint density at radius 2 is 1.85 bits per heavy atom. The van der Waals surface area contributed by atoms with E-state index in [2.05, 4.69) is 15.3 Å². The van der Waals surface area contributed by atoms with Crippen molar-refractivity contribution < 1.29 is 13.9 Å². The lowest BCUT2D eigenvalue weighted by molar-refractivity contribution is 0.102. The van der Waals surface area contributed by atoms with Crippen molar-refractivity contribution in [2.45, 2.75) is 6.92 Å². The first-order chi connectivity index (χ1) is 19.3. The largest absolute Gasteiger partial charge is 0.453 e. The van der Waals surface area contributed by atoms with Gasteiger partial charge in [0.25, 0.3) is 5.91 Å². The first-order valence-electron chi connectivity index (χ1n) is 12.4. The van der Waals surface area contributed by atoms with Crippen molar-refractivity contribution in [1.82, 2.24) is 14.5 Å². The summed E-state index contributed by atoms with van der Waals surface area (Å²) in [5, 5.41) is 4.07. The van der Waals surface area contributed by atoms with Crippen molar-refractivity contribution in [3.05, 3.63) is 118 Å². The molecule has 6 rings (SSSR count). The number of fused-ring (bicyclic) bond motifs is 2. The van der Waals surface area contributed by atoms with Crippen LogP contribution in [-0.2, 0) is 7.05 Å². The van der Waals surface area contributed by atoms with Gasteiger partial charge in [0.2, 0.25) is 5.43 Å². The molecule has 40 heavy (non-hydrogen) atoms. The molecule has 1 amide bonds. The molecule has 9 heteroatoms. The number of carbonyl (C=O) groups is 1. The summed E-state index contributed by atoms with van der Waals surface area (Å²) in [5.41, 5.74) is 3.24. The van der Waals surface area contributed by atoms with Crippen molar-refractivity contribution in [2.24, 2.45) is 7.05 Å². The number of rotatable bonds is 5. The minimum Gasteiger partial charge on any atom is -0.453 e. The summed E-state index contributed by atoms with van der Waals surface area (Å²) in [5.74, 6) is -0.939. The van der Waals surface area contributed by atoms with Crippen molar-refractivity contribution in [3.8, 4) is 22.6 Å². The first kappa shape index (κ1) is 25.3. The summed E-state index contributed by atoms with van der Waals surface area (Å²) in [7, 11) is 1.76. The molecule has 0 radical (unpaired) electrons. The number of aromatic nitrogens is 3. The van der Waals surface area contributed by atoms with E-state index in [4.69, 9.17) is 16.3 Å². The Labute approximate surface area is 232 Å². The molecule has 6 aromatic rings. The lowest BCUT2D eigenvalue weighted by atomic mass is 10.1. The van der Waals surface area contributed by atoms with Gasteiger partial charge < -0.3 is 19.6 Å². The second-order valence-electron chi connectivity index (χ2n) is 9.31. The molecule has 0 aliphatic carbocycles. The Kier molecular flexibility index (Phi) is 6.32. The predicted molar refractivity (Wildman–Crippen MR) is 155 cm³/mol. The van der Waals surface area contributed by atoms with Crippen molar-refractivity contribution >= 4 is 45.1 Å². The van der Waals surface area contributed by atoms with Crippen LogP contribution in [0.5, 0.6) is 11.5 Å². The van der Waals surface area contributed by atoms with Crippen molar-refractivity contribution in [2.75, 3.05) is 5.32 Å². The average Bonchev–Trinajstić information content (AvgIpc) is 3.39. The maximum absolute atomic E-state index is 15.2. The number of carbonyl (C=O) groups excluding carboxylic acids is 1. The molecule has 2 N–H and O–H groups in total. The normalized spacial score (nSPS) is 11.2. The maximum Gasteiger partial charge on any atom is 0.261 e. The van der Waals surface area contributed by atoms with Crippen LogP contribution >= 0.6 is 11.6 Å². The van der Waals surface area contributed by atoms with Gasteiger partial charge in [0.1, 0.15) is 17.0 Å². The van der Waals surface area contributed by atoms with E-state index in [-0.39, 0.29) is 17.0 Å². The molecular weight excluding hydrogens is 531 g/mol. The summed E-state index contributed by atoms with van der Waals surface area (Å²) in [4.78, 5) is 33.9. The fourth-order valence-corrected chi connectivity index (χ4v) is 5.00. The summed E-state index contributed by atoms with van der Waals surface area (Å²) in [6.07, 6.45) is 3.41. The van der Waals surface area contributed by atoms with Gasteiger partial charge in [-0.25, -0.2) is 9.37 Å². The molecule has 7 nitrogen and oxygen atoms in total. The number of pyridine rings is 2. The molecule has 3 heterocycles. The fraction of sp³-hybridized carbons (Fsp3) is 0.0645. The van der Waals surface area contributed by atoms with Gasteiger partial charge >= 0.3 is 0 Å². The van der Waals surface area contributed by atoms with Crippen molar-refractivity contribution in [3.63, 3.8) is 0 Å². The molecule has 0 unspecified atom stereocenters. The highest BCUT2D eigenvalue weighted by atomic mass is 35.5. The standard InChI is InChI=1S/C31H22ClFN4O3/c1-17-27(29(38)21-14-19(32)8-10-24(21)37(17)2)31(39)36-20-9-11-25(23(33)15-20)40-26-12-13-34-30-28(26)22(16-35-30)18-6-4-3-5-7-18/h3-16H,1-2H3,(H,34,35)(H,36,39). The van der Waals surface area contributed by atoms with E-state index in [1.807, 2.05) is 36.5 Å². The quantitative estimate of drug-likeness (QED) is 0.236. The predicted octanol–water partition coefficient (Wildman–Crippen LogP) is 7.23. The van der Waals surface area contributed by atoms with E-state index in [9.17, 15) is 9.59 Å². The molecule has 3 aromatic carbocycles. The average molecular weight is 553 g/mol. The second-order valence-corrected chi connectivity index (χ2v) is 9.75. The minimum absolute atomic E-state index is 0.0295. The fourth-order valence-electron chi connectivity index (χ4n) is 4.83. The van der Waals surface area contributed by atoms with Gasteiger partial charge in [-0.05, 0) is 48.9 Å². The van der Waals surface area contributed by atoms with Gasteiger partial charge in [0.15, 0.2) is 11.6 Å². The second kappa shape index (κ2) is 9.98. The smallest absolute Gasteiger partial charge is 0.261 e. The van der Waals surface area contributed by atoms with Crippen molar-refractivity contribution in [1.29, 1.82) is 0 Å². The lowest BCUT2D eigenvalue weighted by Gasteiger charge is -2.15. The molecule has 198 valence electrons. The summed E-state index contributed by atoms with van der Waals surface area (Å²) < 4.78 is 23.0. The van der Waals surface area contributed by atoms with Crippen LogP contribution in [0.15, 0.2) is 90.0 Å².